The Kier molecular flexibility index (Phi) is 40.3. The highest BCUT2D eigenvalue weighted by Crippen LogP contribution is 2.37. The summed E-state index contributed by atoms with van der Waals surface area (Å²) in [5.74, 6) is 0. The van der Waals surface area contributed by atoms with Crippen molar-refractivity contribution < 1.29 is 0 Å². The van der Waals surface area contributed by atoms with Gasteiger partial charge in [-0.3, -0.25) is 0 Å². The summed E-state index contributed by atoms with van der Waals surface area (Å²) in [4.78, 5) is 0. The lowest BCUT2D eigenvalue weighted by molar-refractivity contribution is 0.198. The zero-order chi connectivity index (χ0) is 47.9. The van der Waals surface area contributed by atoms with Crippen molar-refractivity contribution >= 4 is 0 Å². The van der Waals surface area contributed by atoms with Gasteiger partial charge in [0.2, 0.25) is 0 Å². The molecule has 0 nitrogen and oxygen atoms in total. The van der Waals surface area contributed by atoms with Crippen LogP contribution in [-0.4, -0.2) is 0 Å². The van der Waals surface area contributed by atoms with E-state index in [1.807, 2.05) is 0 Å². The summed E-state index contributed by atoms with van der Waals surface area (Å²) in [5.41, 5.74) is 4.93. The minimum atomic E-state index is 0.485. The fraction of sp³-hybridized carbons (Fsp3) is 1.00. The van der Waals surface area contributed by atoms with E-state index in [0.717, 1.165) is 0 Å². The maximum absolute atomic E-state index is 2.45. The van der Waals surface area contributed by atoms with Crippen LogP contribution in [0.5, 0.6) is 0 Å². The Morgan fingerprint density at radius 2 is 0.483 bits per heavy atom. The van der Waals surface area contributed by atoms with Crippen molar-refractivity contribution in [2.45, 2.75) is 330 Å². The van der Waals surface area contributed by atoms with Crippen molar-refractivity contribution in [3.8, 4) is 0 Å². The molecule has 0 unspecified atom stereocenters. The molecule has 0 aliphatic heterocycles. The van der Waals surface area contributed by atoms with Crippen molar-refractivity contribution in [1.29, 1.82) is 0 Å². The SMILES string of the molecule is CC(C)(C)CCC(C)(C)C.CC(C)(C)CCCC(C)(C)C.CCC(C)(C)CC.CCC(C)(CC)CC.CCCC(C)(C)CC(C)(C)C.CCCC(C)(CCC)CCC. The highest BCUT2D eigenvalue weighted by Gasteiger charge is 2.24. The number of hydrogen-bond acceptors (Lipinski definition) is 0. The molecule has 0 fully saturated rings. The lowest BCUT2D eigenvalue weighted by Gasteiger charge is -2.32. The van der Waals surface area contributed by atoms with Crippen LogP contribution in [0.4, 0.5) is 0 Å². The Morgan fingerprint density at radius 1 is 0.224 bits per heavy atom. The Labute approximate surface area is 377 Å². The number of rotatable bonds is 17. The first kappa shape index (κ1) is 69.7. The van der Waals surface area contributed by atoms with Gasteiger partial charge in [-0.15, -0.1) is 0 Å². The molecule has 0 aliphatic carbocycles. The summed E-state index contributed by atoms with van der Waals surface area (Å²) in [6.07, 6.45) is 25.5. The Hall–Kier alpha value is 0. The van der Waals surface area contributed by atoms with Crippen LogP contribution >= 0.6 is 0 Å². The van der Waals surface area contributed by atoms with Gasteiger partial charge in [0.05, 0.1) is 0 Å². The zero-order valence-electron chi connectivity index (χ0n) is 47.9. The fourth-order valence-corrected chi connectivity index (χ4v) is 7.29. The van der Waals surface area contributed by atoms with Crippen molar-refractivity contribution in [3.05, 3.63) is 0 Å². The average Bonchev–Trinajstić information content (AvgIpc) is 3.02. The van der Waals surface area contributed by atoms with Crippen molar-refractivity contribution in [2.24, 2.45) is 48.7 Å². The normalized spacial score (nSPS) is 12.9. The van der Waals surface area contributed by atoms with E-state index in [2.05, 4.69) is 208 Å². The highest BCUT2D eigenvalue weighted by molar-refractivity contribution is 4.76. The maximum atomic E-state index is 2.45. The molecule has 0 saturated heterocycles. The second kappa shape index (κ2) is 33.5. The largest absolute Gasteiger partial charge is 0.0654 e. The molecule has 360 valence electrons. The molecule has 0 aromatic heterocycles. The van der Waals surface area contributed by atoms with Crippen LogP contribution in [0.3, 0.4) is 0 Å². The third kappa shape index (κ3) is 62.6. The monoisotopic (exact) mass is 825 g/mol. The quantitative estimate of drug-likeness (QED) is 0.137. The summed E-state index contributed by atoms with van der Waals surface area (Å²) >= 11 is 0. The van der Waals surface area contributed by atoms with Gasteiger partial charge in [-0.1, -0.05) is 272 Å². The summed E-state index contributed by atoms with van der Waals surface area (Å²) in [6.45, 7) is 69.3. The van der Waals surface area contributed by atoms with Gasteiger partial charge >= 0.3 is 0 Å². The zero-order valence-corrected chi connectivity index (χ0v) is 47.9. The first-order valence-corrected chi connectivity index (χ1v) is 25.7. The Morgan fingerprint density at radius 3 is 0.621 bits per heavy atom. The van der Waals surface area contributed by atoms with Gasteiger partial charge in [0.1, 0.15) is 0 Å². The topological polar surface area (TPSA) is 0 Å². The van der Waals surface area contributed by atoms with Gasteiger partial charge < -0.3 is 0 Å². The highest BCUT2D eigenvalue weighted by atomic mass is 14.3. The first-order chi connectivity index (χ1) is 25.7. The second-order valence-corrected chi connectivity index (χ2v) is 27.1. The number of hydrogen-bond donors (Lipinski definition) is 0. The molecular weight excluding hydrogens is 697 g/mol. The lowest BCUT2D eigenvalue weighted by atomic mass is 9.74. The molecule has 0 saturated carbocycles. The van der Waals surface area contributed by atoms with Gasteiger partial charge in [0.15, 0.2) is 0 Å². The summed E-state index contributed by atoms with van der Waals surface area (Å²) in [6, 6.07) is 0. The van der Waals surface area contributed by atoms with E-state index in [9.17, 15) is 0 Å². The standard InChI is InChI=1S/3C11H24.C10H22.C8H18.C7H16/c1-10(2,3)8-7-9-11(4,5)6;1-7-8-11(5,6)9-10(2,3)4;1-5-8-11(4,9-6-2)10-7-3;1-9(2,3)7-8-10(4,5)6;1-5-8(4,6-2)7-3;1-5-7(3,4)6-2/h2*7-9H2,1-6H3;5-10H2,1-4H3;7-8H2,1-6H3;5-7H2,1-4H3;5-6H2,1-4H3. The van der Waals surface area contributed by atoms with E-state index in [0.29, 0.717) is 48.7 Å². The lowest BCUT2D eigenvalue weighted by Crippen LogP contribution is -2.20. The van der Waals surface area contributed by atoms with E-state index >= 15 is 0 Å². The van der Waals surface area contributed by atoms with Crippen molar-refractivity contribution in [1.82, 2.24) is 0 Å². The van der Waals surface area contributed by atoms with Gasteiger partial charge in [-0.05, 0) is 107 Å². The fourth-order valence-electron chi connectivity index (χ4n) is 7.29. The third-order valence-electron chi connectivity index (χ3n) is 12.4. The first-order valence-electron chi connectivity index (χ1n) is 25.7. The van der Waals surface area contributed by atoms with Crippen molar-refractivity contribution in [3.63, 3.8) is 0 Å². The third-order valence-corrected chi connectivity index (χ3v) is 12.4. The van der Waals surface area contributed by atoms with Crippen LogP contribution in [0.15, 0.2) is 0 Å². The molecule has 0 aromatic carbocycles. The summed E-state index contributed by atoms with van der Waals surface area (Å²) in [7, 11) is 0. The van der Waals surface area contributed by atoms with E-state index in [1.54, 1.807) is 0 Å². The molecule has 0 amide bonds. The molecule has 58 heavy (non-hydrogen) atoms. The Balaban J connectivity index is -0.000000141. The van der Waals surface area contributed by atoms with Crippen LogP contribution in [0.1, 0.15) is 330 Å². The van der Waals surface area contributed by atoms with Gasteiger partial charge in [-0.25, -0.2) is 0 Å². The molecule has 0 atom stereocenters. The van der Waals surface area contributed by atoms with Crippen LogP contribution in [0.25, 0.3) is 0 Å². The second-order valence-electron chi connectivity index (χ2n) is 27.1. The molecule has 0 aliphatic rings. The predicted octanol–water partition coefficient (Wildman–Crippen LogP) is 22.8. The van der Waals surface area contributed by atoms with Crippen LogP contribution < -0.4 is 0 Å². The maximum Gasteiger partial charge on any atom is -0.0326 e. The van der Waals surface area contributed by atoms with Gasteiger partial charge in [-0.2, -0.15) is 0 Å². The summed E-state index contributed by atoms with van der Waals surface area (Å²) in [5, 5.41) is 0. The molecule has 0 heteroatoms. The predicted molar refractivity (Wildman–Crippen MR) is 280 cm³/mol. The van der Waals surface area contributed by atoms with Crippen LogP contribution in [-0.2, 0) is 0 Å². The average molecular weight is 826 g/mol. The van der Waals surface area contributed by atoms with Crippen molar-refractivity contribution in [2.75, 3.05) is 0 Å². The molecule has 0 spiro atoms. The smallest absolute Gasteiger partial charge is 0.0326 e. The Bertz CT molecular complexity index is 781. The van der Waals surface area contributed by atoms with Crippen LogP contribution in [0, 0.1) is 48.7 Å². The molecule has 0 heterocycles. The molecule has 0 N–H and O–H groups in total. The molecule has 0 aromatic rings. The minimum absolute atomic E-state index is 0.485. The van der Waals surface area contributed by atoms with Gasteiger partial charge in [0.25, 0.3) is 0 Å². The molecule has 0 rings (SSSR count). The van der Waals surface area contributed by atoms with E-state index in [1.165, 1.54) is 122 Å². The van der Waals surface area contributed by atoms with E-state index in [4.69, 9.17) is 0 Å². The van der Waals surface area contributed by atoms with E-state index < -0.39 is 0 Å². The minimum Gasteiger partial charge on any atom is -0.0654 e. The molecule has 0 bridgehead atoms. The summed E-state index contributed by atoms with van der Waals surface area (Å²) < 4.78 is 0. The molecular formula is C58H128. The van der Waals surface area contributed by atoms with Gasteiger partial charge in [0, 0.05) is 0 Å². The van der Waals surface area contributed by atoms with Crippen LogP contribution in [0.2, 0.25) is 0 Å². The molecule has 0 radical (unpaired) electrons. The van der Waals surface area contributed by atoms with E-state index in [-0.39, 0.29) is 0 Å².